The lowest BCUT2D eigenvalue weighted by Gasteiger charge is -2.26. The van der Waals surface area contributed by atoms with E-state index >= 15 is 0 Å². The summed E-state index contributed by atoms with van der Waals surface area (Å²) in [5.74, 6) is 1.13. The first-order chi connectivity index (χ1) is 9.88. The van der Waals surface area contributed by atoms with E-state index in [0.717, 1.165) is 49.5 Å². The zero-order chi connectivity index (χ0) is 14.0. The lowest BCUT2D eigenvalue weighted by molar-refractivity contribution is 0.0335. The van der Waals surface area contributed by atoms with Gasteiger partial charge in [-0.1, -0.05) is 37.9 Å². The van der Waals surface area contributed by atoms with Crippen LogP contribution in [-0.4, -0.2) is 46.9 Å². The summed E-state index contributed by atoms with van der Waals surface area (Å²) in [5.41, 5.74) is 1.12. The standard InChI is InChI=1S/C15H25N3OS/c1-2-3-4-5-12-20-15-16-7-6-14(17-15)13-18-8-10-19-11-9-18/h6-7H,2-5,8-13H2,1H3. The number of thioether (sulfide) groups is 1. The minimum Gasteiger partial charge on any atom is -0.379 e. The molecule has 0 saturated carbocycles. The average Bonchev–Trinajstić information content (AvgIpc) is 2.48. The van der Waals surface area contributed by atoms with Crippen LogP contribution in [0.2, 0.25) is 0 Å². The van der Waals surface area contributed by atoms with Gasteiger partial charge in [-0.25, -0.2) is 9.97 Å². The molecule has 5 heteroatoms. The highest BCUT2D eigenvalue weighted by molar-refractivity contribution is 7.99. The van der Waals surface area contributed by atoms with Gasteiger partial charge in [-0.2, -0.15) is 0 Å². The summed E-state index contributed by atoms with van der Waals surface area (Å²) >= 11 is 1.78. The number of rotatable bonds is 8. The largest absolute Gasteiger partial charge is 0.379 e. The molecule has 0 N–H and O–H groups in total. The summed E-state index contributed by atoms with van der Waals surface area (Å²) in [6.45, 7) is 6.84. The molecule has 1 aromatic heterocycles. The molecule has 1 aromatic rings. The summed E-state index contributed by atoms with van der Waals surface area (Å²) in [4.78, 5) is 11.4. The second-order valence-electron chi connectivity index (χ2n) is 5.13. The third-order valence-electron chi connectivity index (χ3n) is 3.41. The van der Waals surface area contributed by atoms with Crippen molar-refractivity contribution in [1.82, 2.24) is 14.9 Å². The van der Waals surface area contributed by atoms with Gasteiger partial charge in [-0.15, -0.1) is 0 Å². The van der Waals surface area contributed by atoms with Crippen LogP contribution in [0.5, 0.6) is 0 Å². The predicted molar refractivity (Wildman–Crippen MR) is 83.0 cm³/mol. The molecular formula is C15H25N3OS. The van der Waals surface area contributed by atoms with Crippen molar-refractivity contribution in [2.24, 2.45) is 0 Å². The zero-order valence-electron chi connectivity index (χ0n) is 12.4. The van der Waals surface area contributed by atoms with Crippen molar-refractivity contribution in [2.45, 2.75) is 44.3 Å². The van der Waals surface area contributed by atoms with Crippen LogP contribution in [0.4, 0.5) is 0 Å². The summed E-state index contributed by atoms with van der Waals surface area (Å²) in [6, 6.07) is 2.02. The smallest absolute Gasteiger partial charge is 0.187 e. The molecule has 1 saturated heterocycles. The van der Waals surface area contributed by atoms with Gasteiger partial charge in [0, 0.05) is 31.6 Å². The van der Waals surface area contributed by atoms with Gasteiger partial charge in [0.1, 0.15) is 0 Å². The molecule has 0 aromatic carbocycles. The molecule has 112 valence electrons. The van der Waals surface area contributed by atoms with E-state index in [1.54, 1.807) is 11.8 Å². The first-order valence-corrected chi connectivity index (χ1v) is 8.62. The number of ether oxygens (including phenoxy) is 1. The molecule has 2 heterocycles. The molecule has 0 bridgehead atoms. The SMILES string of the molecule is CCCCCCSc1nccc(CN2CCOCC2)n1. The van der Waals surface area contributed by atoms with E-state index in [-0.39, 0.29) is 0 Å². The Labute approximate surface area is 126 Å². The van der Waals surface area contributed by atoms with Crippen LogP contribution in [0.15, 0.2) is 17.4 Å². The number of aromatic nitrogens is 2. The molecule has 4 nitrogen and oxygen atoms in total. The highest BCUT2D eigenvalue weighted by atomic mass is 32.2. The van der Waals surface area contributed by atoms with Crippen LogP contribution >= 0.6 is 11.8 Å². The van der Waals surface area contributed by atoms with Crippen molar-refractivity contribution in [2.75, 3.05) is 32.1 Å². The highest BCUT2D eigenvalue weighted by Gasteiger charge is 2.11. The molecular weight excluding hydrogens is 270 g/mol. The van der Waals surface area contributed by atoms with Crippen molar-refractivity contribution < 1.29 is 4.74 Å². The zero-order valence-corrected chi connectivity index (χ0v) is 13.2. The summed E-state index contributed by atoms with van der Waals surface area (Å²) in [5, 5.41) is 0.923. The van der Waals surface area contributed by atoms with Crippen LogP contribution in [0.1, 0.15) is 38.3 Å². The molecule has 0 amide bonds. The van der Waals surface area contributed by atoms with Gasteiger partial charge in [0.25, 0.3) is 0 Å². The molecule has 2 rings (SSSR count). The Bertz CT molecular complexity index is 383. The number of unbranched alkanes of at least 4 members (excludes halogenated alkanes) is 3. The van der Waals surface area contributed by atoms with E-state index in [1.165, 1.54) is 25.7 Å². The Morgan fingerprint density at radius 3 is 2.90 bits per heavy atom. The minimum atomic E-state index is 0.837. The topological polar surface area (TPSA) is 38.2 Å². The number of nitrogens with zero attached hydrogens (tertiary/aromatic N) is 3. The summed E-state index contributed by atoms with van der Waals surface area (Å²) in [6.07, 6.45) is 7.08. The van der Waals surface area contributed by atoms with E-state index in [0.29, 0.717) is 0 Å². The first-order valence-electron chi connectivity index (χ1n) is 7.63. The fourth-order valence-corrected chi connectivity index (χ4v) is 3.06. The van der Waals surface area contributed by atoms with Crippen molar-refractivity contribution >= 4 is 11.8 Å². The van der Waals surface area contributed by atoms with Crippen LogP contribution in [0.25, 0.3) is 0 Å². The maximum Gasteiger partial charge on any atom is 0.187 e. The maximum absolute atomic E-state index is 5.37. The van der Waals surface area contributed by atoms with Crippen LogP contribution in [0.3, 0.4) is 0 Å². The molecule has 0 unspecified atom stereocenters. The van der Waals surface area contributed by atoms with Crippen molar-refractivity contribution in [3.8, 4) is 0 Å². The van der Waals surface area contributed by atoms with Crippen LogP contribution in [-0.2, 0) is 11.3 Å². The third kappa shape index (κ3) is 5.77. The Morgan fingerprint density at radius 2 is 2.10 bits per heavy atom. The van der Waals surface area contributed by atoms with E-state index in [1.807, 2.05) is 12.3 Å². The second kappa shape index (κ2) is 9.32. The monoisotopic (exact) mass is 295 g/mol. The van der Waals surface area contributed by atoms with Crippen molar-refractivity contribution in [3.05, 3.63) is 18.0 Å². The molecule has 0 atom stereocenters. The van der Waals surface area contributed by atoms with E-state index < -0.39 is 0 Å². The van der Waals surface area contributed by atoms with Gasteiger partial charge in [0.2, 0.25) is 0 Å². The van der Waals surface area contributed by atoms with Crippen molar-refractivity contribution in [1.29, 1.82) is 0 Å². The fraction of sp³-hybridized carbons (Fsp3) is 0.733. The van der Waals surface area contributed by atoms with Gasteiger partial charge in [-0.05, 0) is 12.5 Å². The van der Waals surface area contributed by atoms with E-state index in [2.05, 4.69) is 21.8 Å². The Morgan fingerprint density at radius 1 is 1.25 bits per heavy atom. The Kier molecular flexibility index (Phi) is 7.33. The number of hydrogen-bond acceptors (Lipinski definition) is 5. The fourth-order valence-electron chi connectivity index (χ4n) is 2.21. The lowest BCUT2D eigenvalue weighted by Crippen LogP contribution is -2.35. The predicted octanol–water partition coefficient (Wildman–Crippen LogP) is 2.98. The normalized spacial score (nSPS) is 16.4. The molecule has 0 aliphatic carbocycles. The molecule has 0 radical (unpaired) electrons. The Balaban J connectivity index is 1.75. The van der Waals surface area contributed by atoms with E-state index in [4.69, 9.17) is 4.74 Å². The van der Waals surface area contributed by atoms with Crippen LogP contribution < -0.4 is 0 Å². The van der Waals surface area contributed by atoms with E-state index in [9.17, 15) is 0 Å². The van der Waals surface area contributed by atoms with Gasteiger partial charge >= 0.3 is 0 Å². The third-order valence-corrected chi connectivity index (χ3v) is 4.36. The molecule has 0 spiro atoms. The molecule has 1 fully saturated rings. The maximum atomic E-state index is 5.37. The van der Waals surface area contributed by atoms with Crippen LogP contribution in [0, 0.1) is 0 Å². The van der Waals surface area contributed by atoms with Gasteiger partial charge in [0.05, 0.1) is 18.9 Å². The number of morpholine rings is 1. The minimum absolute atomic E-state index is 0.837. The number of hydrogen-bond donors (Lipinski definition) is 0. The summed E-state index contributed by atoms with van der Waals surface area (Å²) in [7, 11) is 0. The average molecular weight is 295 g/mol. The molecule has 1 aliphatic rings. The van der Waals surface area contributed by atoms with Gasteiger partial charge in [0.15, 0.2) is 5.16 Å². The first kappa shape index (κ1) is 15.7. The van der Waals surface area contributed by atoms with Crippen molar-refractivity contribution in [3.63, 3.8) is 0 Å². The summed E-state index contributed by atoms with van der Waals surface area (Å²) < 4.78 is 5.37. The van der Waals surface area contributed by atoms with Gasteiger partial charge < -0.3 is 4.74 Å². The molecule has 1 aliphatic heterocycles. The second-order valence-corrected chi connectivity index (χ2v) is 6.19. The highest BCUT2D eigenvalue weighted by Crippen LogP contribution is 2.16. The quantitative estimate of drug-likeness (QED) is 0.419. The van der Waals surface area contributed by atoms with Gasteiger partial charge in [-0.3, -0.25) is 4.90 Å². The Hall–Kier alpha value is -0.650. The molecule has 20 heavy (non-hydrogen) atoms. The lowest BCUT2D eigenvalue weighted by atomic mass is 10.2.